The fourth-order valence-electron chi connectivity index (χ4n) is 2.24. The summed E-state index contributed by atoms with van der Waals surface area (Å²) in [6.07, 6.45) is 2.48. The lowest BCUT2D eigenvalue weighted by Gasteiger charge is -2.22. The first kappa shape index (κ1) is 14.2. The highest BCUT2D eigenvalue weighted by Gasteiger charge is 2.15. The zero-order valence-corrected chi connectivity index (χ0v) is 12.2. The molecule has 1 N–H and O–H groups in total. The summed E-state index contributed by atoms with van der Waals surface area (Å²) < 4.78 is 11.3. The molecule has 3 heteroatoms. The summed E-state index contributed by atoms with van der Waals surface area (Å²) in [6.45, 7) is 8.92. The molecular weight excluding hydrogens is 238 g/mol. The molecule has 1 aromatic carbocycles. The van der Waals surface area contributed by atoms with Gasteiger partial charge in [-0.2, -0.15) is 0 Å². The molecule has 0 spiro atoms. The number of fused-ring (bicyclic) bond motifs is 1. The molecule has 1 aliphatic rings. The van der Waals surface area contributed by atoms with E-state index in [2.05, 4.69) is 32.2 Å². The van der Waals surface area contributed by atoms with Gasteiger partial charge in [-0.3, -0.25) is 0 Å². The molecule has 1 heterocycles. The van der Waals surface area contributed by atoms with Crippen LogP contribution in [0.15, 0.2) is 18.2 Å². The Balaban J connectivity index is 1.89. The van der Waals surface area contributed by atoms with Crippen molar-refractivity contribution < 1.29 is 9.47 Å². The predicted octanol–water partition coefficient (Wildman–Crippen LogP) is 3.37. The van der Waals surface area contributed by atoms with E-state index in [0.29, 0.717) is 19.3 Å². The highest BCUT2D eigenvalue weighted by molar-refractivity contribution is 5.47. The van der Waals surface area contributed by atoms with Crippen molar-refractivity contribution in [2.75, 3.05) is 13.2 Å². The SMILES string of the molecule is CC(C)CCC(C)NCc1cccc2c1OCCO2. The number of hydrogen-bond acceptors (Lipinski definition) is 3. The zero-order valence-electron chi connectivity index (χ0n) is 12.2. The minimum Gasteiger partial charge on any atom is -0.486 e. The lowest BCUT2D eigenvalue weighted by Crippen LogP contribution is -2.26. The summed E-state index contributed by atoms with van der Waals surface area (Å²) in [4.78, 5) is 0. The average Bonchev–Trinajstić information content (AvgIpc) is 2.42. The van der Waals surface area contributed by atoms with Gasteiger partial charge >= 0.3 is 0 Å². The van der Waals surface area contributed by atoms with E-state index < -0.39 is 0 Å². The number of ether oxygens (including phenoxy) is 2. The van der Waals surface area contributed by atoms with Crippen molar-refractivity contribution in [3.8, 4) is 11.5 Å². The quantitative estimate of drug-likeness (QED) is 0.853. The van der Waals surface area contributed by atoms with Crippen LogP contribution in [0.1, 0.15) is 39.2 Å². The van der Waals surface area contributed by atoms with Gasteiger partial charge < -0.3 is 14.8 Å². The Bertz CT molecular complexity index is 404. The van der Waals surface area contributed by atoms with Crippen molar-refractivity contribution >= 4 is 0 Å². The van der Waals surface area contributed by atoms with Gasteiger partial charge in [0.05, 0.1) is 0 Å². The molecular formula is C16H25NO2. The molecule has 0 fully saturated rings. The Morgan fingerprint density at radius 2 is 1.89 bits per heavy atom. The van der Waals surface area contributed by atoms with Gasteiger partial charge in [-0.1, -0.05) is 26.0 Å². The molecule has 0 aliphatic carbocycles. The topological polar surface area (TPSA) is 30.5 Å². The molecule has 106 valence electrons. The fourth-order valence-corrected chi connectivity index (χ4v) is 2.24. The van der Waals surface area contributed by atoms with Gasteiger partial charge in [-0.25, -0.2) is 0 Å². The lowest BCUT2D eigenvalue weighted by molar-refractivity contribution is 0.169. The van der Waals surface area contributed by atoms with Crippen molar-refractivity contribution in [1.29, 1.82) is 0 Å². The lowest BCUT2D eigenvalue weighted by atomic mass is 10.0. The predicted molar refractivity (Wildman–Crippen MR) is 77.8 cm³/mol. The third kappa shape index (κ3) is 4.13. The van der Waals surface area contributed by atoms with Gasteiger partial charge in [-0.05, 0) is 31.7 Å². The van der Waals surface area contributed by atoms with Crippen molar-refractivity contribution in [1.82, 2.24) is 5.32 Å². The van der Waals surface area contributed by atoms with Gasteiger partial charge in [0.2, 0.25) is 0 Å². The smallest absolute Gasteiger partial charge is 0.165 e. The van der Waals surface area contributed by atoms with E-state index in [1.807, 2.05) is 12.1 Å². The Labute approximate surface area is 116 Å². The highest BCUT2D eigenvalue weighted by atomic mass is 16.6. The standard InChI is InChI=1S/C16H25NO2/c1-12(2)7-8-13(3)17-11-14-5-4-6-15-16(14)19-10-9-18-15/h4-6,12-13,17H,7-11H2,1-3H3. The maximum absolute atomic E-state index is 5.72. The second-order valence-corrected chi connectivity index (χ2v) is 5.69. The van der Waals surface area contributed by atoms with Crippen LogP contribution in [0.25, 0.3) is 0 Å². The molecule has 3 nitrogen and oxygen atoms in total. The first-order valence-electron chi connectivity index (χ1n) is 7.27. The molecule has 0 amide bonds. The molecule has 0 bridgehead atoms. The van der Waals surface area contributed by atoms with E-state index in [4.69, 9.17) is 9.47 Å². The summed E-state index contributed by atoms with van der Waals surface area (Å²) in [5.41, 5.74) is 1.19. The molecule has 2 rings (SSSR count). The van der Waals surface area contributed by atoms with Crippen LogP contribution in [0.2, 0.25) is 0 Å². The molecule has 19 heavy (non-hydrogen) atoms. The minimum atomic E-state index is 0.530. The number of nitrogens with one attached hydrogen (secondary N) is 1. The minimum absolute atomic E-state index is 0.530. The van der Waals surface area contributed by atoms with Crippen molar-refractivity contribution in [3.63, 3.8) is 0 Å². The van der Waals surface area contributed by atoms with E-state index in [-0.39, 0.29) is 0 Å². The number of hydrogen-bond donors (Lipinski definition) is 1. The van der Waals surface area contributed by atoms with Crippen molar-refractivity contribution in [3.05, 3.63) is 23.8 Å². The van der Waals surface area contributed by atoms with E-state index in [1.165, 1.54) is 18.4 Å². The third-order valence-corrected chi connectivity index (χ3v) is 3.47. The van der Waals surface area contributed by atoms with Crippen LogP contribution in [-0.2, 0) is 6.54 Å². The summed E-state index contributed by atoms with van der Waals surface area (Å²) in [5.74, 6) is 2.56. The molecule has 1 atom stereocenters. The first-order chi connectivity index (χ1) is 9.16. The van der Waals surface area contributed by atoms with Crippen LogP contribution in [0.3, 0.4) is 0 Å². The average molecular weight is 263 g/mol. The molecule has 1 unspecified atom stereocenters. The van der Waals surface area contributed by atoms with Crippen LogP contribution < -0.4 is 14.8 Å². The second kappa shape index (κ2) is 6.80. The summed E-state index contributed by atoms with van der Waals surface area (Å²) in [7, 11) is 0. The van der Waals surface area contributed by atoms with Gasteiger partial charge in [0.15, 0.2) is 11.5 Å². The van der Waals surface area contributed by atoms with Crippen LogP contribution in [0, 0.1) is 5.92 Å². The summed E-state index contributed by atoms with van der Waals surface area (Å²) in [5, 5.41) is 3.57. The second-order valence-electron chi connectivity index (χ2n) is 5.69. The van der Waals surface area contributed by atoms with E-state index in [9.17, 15) is 0 Å². The Morgan fingerprint density at radius 1 is 1.11 bits per heavy atom. The molecule has 0 saturated carbocycles. The molecule has 0 saturated heterocycles. The summed E-state index contributed by atoms with van der Waals surface area (Å²) in [6, 6.07) is 6.64. The van der Waals surface area contributed by atoms with E-state index >= 15 is 0 Å². The first-order valence-corrected chi connectivity index (χ1v) is 7.27. The maximum atomic E-state index is 5.72. The summed E-state index contributed by atoms with van der Waals surface area (Å²) >= 11 is 0. The van der Waals surface area contributed by atoms with Crippen LogP contribution in [-0.4, -0.2) is 19.3 Å². The van der Waals surface area contributed by atoms with Gasteiger partial charge in [0.25, 0.3) is 0 Å². The van der Waals surface area contributed by atoms with Gasteiger partial charge in [0.1, 0.15) is 13.2 Å². The van der Waals surface area contributed by atoms with Gasteiger partial charge in [-0.15, -0.1) is 0 Å². The molecule has 0 aromatic heterocycles. The maximum Gasteiger partial charge on any atom is 0.165 e. The zero-order chi connectivity index (χ0) is 13.7. The Kier molecular flexibility index (Phi) is 5.08. The van der Waals surface area contributed by atoms with Crippen LogP contribution in [0.4, 0.5) is 0 Å². The van der Waals surface area contributed by atoms with Gasteiger partial charge in [0, 0.05) is 18.2 Å². The van der Waals surface area contributed by atoms with E-state index in [0.717, 1.165) is 24.0 Å². The Hall–Kier alpha value is -1.22. The molecule has 1 aliphatic heterocycles. The molecule has 0 radical (unpaired) electrons. The van der Waals surface area contributed by atoms with Crippen molar-refractivity contribution in [2.45, 2.75) is 46.2 Å². The van der Waals surface area contributed by atoms with Crippen LogP contribution in [0.5, 0.6) is 11.5 Å². The normalized spacial score (nSPS) is 15.6. The number of rotatable bonds is 6. The Morgan fingerprint density at radius 3 is 2.68 bits per heavy atom. The largest absolute Gasteiger partial charge is 0.486 e. The highest BCUT2D eigenvalue weighted by Crippen LogP contribution is 2.33. The van der Waals surface area contributed by atoms with E-state index in [1.54, 1.807) is 0 Å². The number of benzene rings is 1. The van der Waals surface area contributed by atoms with Crippen molar-refractivity contribution in [2.24, 2.45) is 5.92 Å². The monoisotopic (exact) mass is 263 g/mol. The third-order valence-electron chi connectivity index (χ3n) is 3.47. The number of para-hydroxylation sites is 1. The van der Waals surface area contributed by atoms with Crippen LogP contribution >= 0.6 is 0 Å². The fraction of sp³-hybridized carbons (Fsp3) is 0.625. The molecule has 1 aromatic rings.